The van der Waals surface area contributed by atoms with Crippen LogP contribution in [0.4, 0.5) is 0 Å². The Labute approximate surface area is 82.9 Å². The van der Waals surface area contributed by atoms with Gasteiger partial charge in [0.25, 0.3) is 0 Å². The van der Waals surface area contributed by atoms with E-state index in [2.05, 4.69) is 44.9 Å². The second kappa shape index (κ2) is 3.97. The summed E-state index contributed by atoms with van der Waals surface area (Å²) in [6.07, 6.45) is 5.37. The largest absolute Gasteiger partial charge is 0.291 e. The molecule has 0 radical (unpaired) electrons. The van der Waals surface area contributed by atoms with Crippen molar-refractivity contribution >= 4 is 0 Å². The van der Waals surface area contributed by atoms with E-state index in [0.717, 1.165) is 5.92 Å². The maximum Gasteiger partial charge on any atom is 0.0727 e. The molecule has 0 amide bonds. The Morgan fingerprint density at radius 3 is 1.62 bits per heavy atom. The van der Waals surface area contributed by atoms with Crippen LogP contribution in [0.15, 0.2) is 0 Å². The Morgan fingerprint density at radius 1 is 0.923 bits per heavy atom. The summed E-state index contributed by atoms with van der Waals surface area (Å²) in [6.45, 7) is 2.37. The monoisotopic (exact) mass is 184 g/mol. The first-order valence-electron chi connectivity index (χ1n) is 5.34. The summed E-state index contributed by atoms with van der Waals surface area (Å²) < 4.78 is 0. The first-order chi connectivity index (χ1) is 5.99. The normalized spacial score (nSPS) is 24.2. The van der Waals surface area contributed by atoms with Crippen LogP contribution >= 0.6 is 0 Å². The highest BCUT2D eigenvalue weighted by Gasteiger charge is 2.37. The van der Waals surface area contributed by atoms with Gasteiger partial charge in [0.2, 0.25) is 0 Å². The Balaban J connectivity index is 2.69. The van der Waals surface area contributed by atoms with Gasteiger partial charge in [-0.1, -0.05) is 6.92 Å². The lowest BCUT2D eigenvalue weighted by molar-refractivity contribution is -0.0375. The van der Waals surface area contributed by atoms with E-state index in [4.69, 9.17) is 0 Å². The predicted octanol–water partition coefficient (Wildman–Crippen LogP) is 2.02. The first kappa shape index (κ1) is 11.0. The third-order valence-corrected chi connectivity index (χ3v) is 3.74. The van der Waals surface area contributed by atoms with Gasteiger partial charge in [-0.05, 0) is 59.8 Å². The molecule has 78 valence electrons. The molecule has 0 aromatic carbocycles. The lowest BCUT2D eigenvalue weighted by Crippen LogP contribution is -2.56. The molecule has 0 aliphatic heterocycles. The molecule has 2 nitrogen and oxygen atoms in total. The van der Waals surface area contributed by atoms with E-state index in [1.54, 1.807) is 0 Å². The SMILES string of the molecule is CC1CCC(N(C)C)(N(C)C)CC1. The zero-order chi connectivity index (χ0) is 10.1. The third-order valence-electron chi connectivity index (χ3n) is 3.74. The zero-order valence-electron chi connectivity index (χ0n) is 9.80. The number of hydrogen-bond acceptors (Lipinski definition) is 2. The van der Waals surface area contributed by atoms with Crippen molar-refractivity contribution in [3.8, 4) is 0 Å². The third kappa shape index (κ3) is 2.05. The summed E-state index contributed by atoms with van der Waals surface area (Å²) in [7, 11) is 8.82. The number of rotatable bonds is 2. The molecule has 2 heteroatoms. The fourth-order valence-electron chi connectivity index (χ4n) is 2.52. The molecule has 0 unspecified atom stereocenters. The van der Waals surface area contributed by atoms with Crippen molar-refractivity contribution in [3.63, 3.8) is 0 Å². The van der Waals surface area contributed by atoms with Gasteiger partial charge in [-0.25, -0.2) is 0 Å². The van der Waals surface area contributed by atoms with Gasteiger partial charge < -0.3 is 0 Å². The summed E-state index contributed by atoms with van der Waals surface area (Å²) in [5.41, 5.74) is 0.326. The standard InChI is InChI=1S/C11H24N2/c1-10-6-8-11(9-7-10,12(2)3)13(4)5/h10H,6-9H2,1-5H3. The Kier molecular flexibility index (Phi) is 3.36. The van der Waals surface area contributed by atoms with Crippen LogP contribution in [0.25, 0.3) is 0 Å². The maximum absolute atomic E-state index is 2.39. The molecule has 1 rings (SSSR count). The fraction of sp³-hybridized carbons (Fsp3) is 1.00. The van der Waals surface area contributed by atoms with E-state index in [0.29, 0.717) is 5.66 Å². The van der Waals surface area contributed by atoms with Crippen LogP contribution in [0.5, 0.6) is 0 Å². The van der Waals surface area contributed by atoms with E-state index in [1.165, 1.54) is 25.7 Å². The van der Waals surface area contributed by atoms with Crippen molar-refractivity contribution < 1.29 is 0 Å². The molecule has 1 saturated carbocycles. The van der Waals surface area contributed by atoms with E-state index >= 15 is 0 Å². The lowest BCUT2D eigenvalue weighted by atomic mass is 9.81. The molecule has 0 saturated heterocycles. The van der Waals surface area contributed by atoms with E-state index in [1.807, 2.05) is 0 Å². The van der Waals surface area contributed by atoms with Gasteiger partial charge in [0.1, 0.15) is 0 Å². The molecule has 0 aromatic heterocycles. The summed E-state index contributed by atoms with van der Waals surface area (Å²) in [5.74, 6) is 0.924. The van der Waals surface area contributed by atoms with Gasteiger partial charge in [-0.2, -0.15) is 0 Å². The molecule has 0 aromatic rings. The second-order valence-corrected chi connectivity index (χ2v) is 4.95. The molecule has 1 aliphatic carbocycles. The molecular formula is C11H24N2. The predicted molar refractivity (Wildman–Crippen MR) is 57.7 cm³/mol. The Bertz CT molecular complexity index is 145. The minimum Gasteiger partial charge on any atom is -0.291 e. The number of nitrogens with zero attached hydrogens (tertiary/aromatic N) is 2. The van der Waals surface area contributed by atoms with Gasteiger partial charge in [0.05, 0.1) is 5.66 Å². The van der Waals surface area contributed by atoms with Crippen molar-refractivity contribution in [1.82, 2.24) is 9.80 Å². The average molecular weight is 184 g/mol. The highest BCUT2D eigenvalue weighted by Crippen LogP contribution is 2.36. The minimum atomic E-state index is 0.326. The average Bonchev–Trinajstić information content (AvgIpc) is 2.04. The van der Waals surface area contributed by atoms with E-state index < -0.39 is 0 Å². The molecule has 0 N–H and O–H groups in total. The highest BCUT2D eigenvalue weighted by atomic mass is 15.4. The van der Waals surface area contributed by atoms with Gasteiger partial charge in [0.15, 0.2) is 0 Å². The van der Waals surface area contributed by atoms with Crippen molar-refractivity contribution in [1.29, 1.82) is 0 Å². The minimum absolute atomic E-state index is 0.326. The second-order valence-electron chi connectivity index (χ2n) is 4.95. The van der Waals surface area contributed by atoms with Crippen LogP contribution in [-0.2, 0) is 0 Å². The van der Waals surface area contributed by atoms with Gasteiger partial charge >= 0.3 is 0 Å². The van der Waals surface area contributed by atoms with Crippen LogP contribution in [0.3, 0.4) is 0 Å². The molecular weight excluding hydrogens is 160 g/mol. The number of hydrogen-bond donors (Lipinski definition) is 0. The topological polar surface area (TPSA) is 6.48 Å². The highest BCUT2D eigenvalue weighted by molar-refractivity contribution is 4.89. The van der Waals surface area contributed by atoms with E-state index in [-0.39, 0.29) is 0 Å². The summed E-state index contributed by atoms with van der Waals surface area (Å²) in [5, 5.41) is 0. The van der Waals surface area contributed by atoms with Crippen LogP contribution < -0.4 is 0 Å². The molecule has 13 heavy (non-hydrogen) atoms. The molecule has 0 spiro atoms. The van der Waals surface area contributed by atoms with Gasteiger partial charge in [0, 0.05) is 0 Å². The molecule has 0 bridgehead atoms. The lowest BCUT2D eigenvalue weighted by Gasteiger charge is -2.49. The van der Waals surface area contributed by atoms with Crippen molar-refractivity contribution in [3.05, 3.63) is 0 Å². The molecule has 1 fully saturated rings. The van der Waals surface area contributed by atoms with Crippen LogP contribution in [0.1, 0.15) is 32.6 Å². The van der Waals surface area contributed by atoms with Crippen molar-refractivity contribution in [2.75, 3.05) is 28.2 Å². The fourth-order valence-corrected chi connectivity index (χ4v) is 2.52. The maximum atomic E-state index is 2.39. The Morgan fingerprint density at radius 2 is 1.31 bits per heavy atom. The molecule has 1 aliphatic rings. The Hall–Kier alpha value is -0.0800. The first-order valence-corrected chi connectivity index (χ1v) is 5.34. The molecule has 0 heterocycles. The van der Waals surface area contributed by atoms with Crippen LogP contribution in [0, 0.1) is 5.92 Å². The van der Waals surface area contributed by atoms with Crippen LogP contribution in [-0.4, -0.2) is 43.7 Å². The van der Waals surface area contributed by atoms with Gasteiger partial charge in [-0.15, -0.1) is 0 Å². The summed E-state index contributed by atoms with van der Waals surface area (Å²) in [6, 6.07) is 0. The van der Waals surface area contributed by atoms with Crippen LogP contribution in [0.2, 0.25) is 0 Å². The molecule has 0 atom stereocenters. The quantitative estimate of drug-likeness (QED) is 0.606. The van der Waals surface area contributed by atoms with E-state index in [9.17, 15) is 0 Å². The smallest absolute Gasteiger partial charge is 0.0727 e. The summed E-state index contributed by atoms with van der Waals surface area (Å²) in [4.78, 5) is 4.78. The van der Waals surface area contributed by atoms with Crippen molar-refractivity contribution in [2.45, 2.75) is 38.3 Å². The zero-order valence-corrected chi connectivity index (χ0v) is 9.80. The summed E-state index contributed by atoms with van der Waals surface area (Å²) >= 11 is 0. The van der Waals surface area contributed by atoms with Crippen molar-refractivity contribution in [2.24, 2.45) is 5.92 Å². The van der Waals surface area contributed by atoms with Gasteiger partial charge in [-0.3, -0.25) is 9.80 Å².